The highest BCUT2D eigenvalue weighted by atomic mass is 32.2. The summed E-state index contributed by atoms with van der Waals surface area (Å²) in [6.45, 7) is 13.0. The van der Waals surface area contributed by atoms with E-state index in [1.807, 2.05) is 0 Å². The lowest BCUT2D eigenvalue weighted by molar-refractivity contribution is 0.0983. The van der Waals surface area contributed by atoms with Gasteiger partial charge >= 0.3 is 0 Å². The van der Waals surface area contributed by atoms with Crippen molar-refractivity contribution in [3.8, 4) is 0 Å². The quantitative estimate of drug-likeness (QED) is 0.451. The molecule has 1 aromatic heterocycles. The van der Waals surface area contributed by atoms with Crippen molar-refractivity contribution in [2.24, 2.45) is 0 Å². The van der Waals surface area contributed by atoms with E-state index in [4.69, 9.17) is 4.98 Å². The molecule has 0 aliphatic heterocycles. The molecule has 0 bridgehead atoms. The number of carbonyl (C=O) groups is 1. The summed E-state index contributed by atoms with van der Waals surface area (Å²) in [6.07, 6.45) is 0. The summed E-state index contributed by atoms with van der Waals surface area (Å²) < 4.78 is 25.3. The fourth-order valence-corrected chi connectivity index (χ4v) is 5.46. The Morgan fingerprint density at radius 1 is 0.969 bits per heavy atom. The molecule has 172 valence electrons. The third-order valence-corrected chi connectivity index (χ3v) is 8.72. The zero-order valence-electron chi connectivity index (χ0n) is 19.4. The number of anilines is 1. The first-order valence-electron chi connectivity index (χ1n) is 11.0. The molecule has 0 N–H and O–H groups in total. The van der Waals surface area contributed by atoms with Crippen LogP contribution in [-0.2, 0) is 9.84 Å². The Morgan fingerprint density at radius 3 is 2.22 bits per heavy atom. The maximum Gasteiger partial charge on any atom is 0.260 e. The number of aromatic nitrogens is 1. The minimum Gasteiger partial charge on any atom is -0.302 e. The van der Waals surface area contributed by atoms with Crippen molar-refractivity contribution in [3.63, 3.8) is 0 Å². The van der Waals surface area contributed by atoms with Gasteiger partial charge in [0, 0.05) is 18.7 Å². The molecule has 0 saturated carbocycles. The van der Waals surface area contributed by atoms with E-state index < -0.39 is 9.84 Å². The predicted octanol–water partition coefficient (Wildman–Crippen LogP) is 4.70. The number of aryl methyl sites for hydroxylation is 2. The van der Waals surface area contributed by atoms with Gasteiger partial charge in [-0.15, -0.1) is 0 Å². The molecule has 3 rings (SSSR count). The van der Waals surface area contributed by atoms with E-state index in [9.17, 15) is 13.2 Å². The van der Waals surface area contributed by atoms with Gasteiger partial charge in [-0.2, -0.15) is 0 Å². The predicted molar refractivity (Wildman–Crippen MR) is 133 cm³/mol. The largest absolute Gasteiger partial charge is 0.302 e. The number of likely N-dealkylation sites (N-methyl/N-ethyl adjacent to an activating group) is 1. The van der Waals surface area contributed by atoms with Gasteiger partial charge in [-0.3, -0.25) is 9.69 Å². The third-order valence-electron chi connectivity index (χ3n) is 5.92. The van der Waals surface area contributed by atoms with Crippen molar-refractivity contribution in [3.05, 3.63) is 53.1 Å². The highest BCUT2D eigenvalue weighted by Gasteiger charge is 2.23. The zero-order valence-corrected chi connectivity index (χ0v) is 21.0. The summed E-state index contributed by atoms with van der Waals surface area (Å²) in [5.41, 5.74) is 3.67. The van der Waals surface area contributed by atoms with E-state index >= 15 is 0 Å². The molecular weight excluding hydrogens is 442 g/mol. The van der Waals surface area contributed by atoms with Crippen molar-refractivity contribution >= 4 is 42.4 Å². The average molecular weight is 474 g/mol. The number of thiazole rings is 1. The molecule has 0 aliphatic carbocycles. The summed E-state index contributed by atoms with van der Waals surface area (Å²) in [6, 6.07) is 10.3. The maximum atomic E-state index is 13.5. The van der Waals surface area contributed by atoms with Crippen molar-refractivity contribution in [2.75, 3.05) is 36.8 Å². The van der Waals surface area contributed by atoms with E-state index in [2.05, 4.69) is 44.7 Å². The fourth-order valence-electron chi connectivity index (χ4n) is 3.52. The van der Waals surface area contributed by atoms with Crippen molar-refractivity contribution in [1.82, 2.24) is 9.88 Å². The molecule has 0 fully saturated rings. The molecular formula is C24H31N3O3S2. The minimum absolute atomic E-state index is 0.0285. The first kappa shape index (κ1) is 24.4. The second-order valence-corrected chi connectivity index (χ2v) is 11.0. The lowest BCUT2D eigenvalue weighted by Crippen LogP contribution is -2.38. The molecule has 0 atom stereocenters. The SMILES string of the molecule is CCN(CC)CCN(C(=O)c1ccc(S(=O)(=O)CC)cc1)c1nc2c(C)c(C)ccc2s1. The number of nitrogens with zero attached hydrogens (tertiary/aromatic N) is 3. The Balaban J connectivity index is 1.99. The second-order valence-electron chi connectivity index (χ2n) is 7.76. The van der Waals surface area contributed by atoms with Crippen LogP contribution in [0.1, 0.15) is 42.3 Å². The van der Waals surface area contributed by atoms with E-state index in [1.165, 1.54) is 29.0 Å². The lowest BCUT2D eigenvalue weighted by Gasteiger charge is -2.24. The number of sulfone groups is 1. The highest BCUT2D eigenvalue weighted by Crippen LogP contribution is 2.32. The number of rotatable bonds is 9. The molecule has 3 aromatic rings. The molecule has 32 heavy (non-hydrogen) atoms. The minimum atomic E-state index is -3.31. The zero-order chi connectivity index (χ0) is 23.5. The van der Waals surface area contributed by atoms with Gasteiger partial charge in [0.05, 0.1) is 20.9 Å². The number of hydrogen-bond acceptors (Lipinski definition) is 6. The second kappa shape index (κ2) is 10.1. The number of amides is 1. The molecule has 0 spiro atoms. The molecule has 2 aromatic carbocycles. The van der Waals surface area contributed by atoms with Gasteiger partial charge in [-0.05, 0) is 68.4 Å². The lowest BCUT2D eigenvalue weighted by atomic mass is 10.1. The Kier molecular flexibility index (Phi) is 7.69. The van der Waals surface area contributed by atoms with Gasteiger partial charge in [0.15, 0.2) is 15.0 Å². The topological polar surface area (TPSA) is 70.6 Å². The van der Waals surface area contributed by atoms with Crippen LogP contribution >= 0.6 is 11.3 Å². The maximum absolute atomic E-state index is 13.5. The standard InChI is InChI=1S/C24H31N3O3S2/c1-6-26(7-2)15-16-27(24-25-22-18(5)17(4)9-14-21(22)31-24)23(28)19-10-12-20(13-11-19)32(29,30)8-3/h9-14H,6-8,15-16H2,1-5H3. The highest BCUT2D eigenvalue weighted by molar-refractivity contribution is 7.91. The Hall–Kier alpha value is -2.29. The fraction of sp³-hybridized carbons (Fsp3) is 0.417. The molecule has 1 amide bonds. The van der Waals surface area contributed by atoms with E-state index in [-0.39, 0.29) is 16.6 Å². The van der Waals surface area contributed by atoms with Gasteiger partial charge in [0.25, 0.3) is 5.91 Å². The van der Waals surface area contributed by atoms with E-state index in [0.29, 0.717) is 17.2 Å². The number of fused-ring (bicyclic) bond motifs is 1. The summed E-state index contributed by atoms with van der Waals surface area (Å²) in [5, 5.41) is 0.663. The van der Waals surface area contributed by atoms with Gasteiger partial charge in [0.2, 0.25) is 0 Å². The molecule has 0 saturated heterocycles. The number of benzene rings is 2. The van der Waals surface area contributed by atoms with Crippen LogP contribution in [0.4, 0.5) is 5.13 Å². The summed E-state index contributed by atoms with van der Waals surface area (Å²) in [5.74, 6) is -0.146. The Labute approximate surface area is 194 Å². The number of hydrogen-bond donors (Lipinski definition) is 0. The normalized spacial score (nSPS) is 11.9. The molecule has 0 aliphatic rings. The molecule has 0 radical (unpaired) electrons. The van der Waals surface area contributed by atoms with Crippen LogP contribution in [0.15, 0.2) is 41.3 Å². The van der Waals surface area contributed by atoms with Crippen LogP contribution in [0.2, 0.25) is 0 Å². The Morgan fingerprint density at radius 2 is 1.62 bits per heavy atom. The monoisotopic (exact) mass is 473 g/mol. The van der Waals surface area contributed by atoms with Crippen LogP contribution in [0, 0.1) is 13.8 Å². The molecule has 1 heterocycles. The average Bonchev–Trinajstić information content (AvgIpc) is 3.23. The molecule has 6 nitrogen and oxygen atoms in total. The van der Waals surface area contributed by atoms with Crippen molar-refractivity contribution in [1.29, 1.82) is 0 Å². The van der Waals surface area contributed by atoms with Crippen molar-refractivity contribution < 1.29 is 13.2 Å². The molecule has 8 heteroatoms. The van der Waals surface area contributed by atoms with Crippen LogP contribution in [-0.4, -0.2) is 56.1 Å². The Bertz CT molecular complexity index is 1200. The van der Waals surface area contributed by atoms with Gasteiger partial charge in [0.1, 0.15) is 0 Å². The third kappa shape index (κ3) is 5.03. The van der Waals surface area contributed by atoms with Crippen LogP contribution < -0.4 is 4.90 Å². The first-order valence-corrected chi connectivity index (χ1v) is 13.4. The van der Waals surface area contributed by atoms with Crippen LogP contribution in [0.3, 0.4) is 0 Å². The van der Waals surface area contributed by atoms with Gasteiger partial charge in [-0.1, -0.05) is 38.2 Å². The molecule has 0 unspecified atom stereocenters. The first-order chi connectivity index (χ1) is 15.2. The number of carbonyl (C=O) groups excluding carboxylic acids is 1. The summed E-state index contributed by atoms with van der Waals surface area (Å²) >= 11 is 1.51. The smallest absolute Gasteiger partial charge is 0.260 e. The van der Waals surface area contributed by atoms with E-state index in [0.717, 1.165) is 35.4 Å². The van der Waals surface area contributed by atoms with E-state index in [1.54, 1.807) is 24.0 Å². The van der Waals surface area contributed by atoms with Gasteiger partial charge < -0.3 is 4.90 Å². The van der Waals surface area contributed by atoms with Crippen LogP contribution in [0.5, 0.6) is 0 Å². The van der Waals surface area contributed by atoms with Crippen LogP contribution in [0.25, 0.3) is 10.2 Å². The summed E-state index contributed by atoms with van der Waals surface area (Å²) in [7, 11) is -3.31. The summed E-state index contributed by atoms with van der Waals surface area (Å²) in [4.78, 5) is 22.6. The van der Waals surface area contributed by atoms with Gasteiger partial charge in [-0.25, -0.2) is 13.4 Å². The van der Waals surface area contributed by atoms with Crippen molar-refractivity contribution in [2.45, 2.75) is 39.5 Å².